The molecule has 0 aromatic heterocycles. The van der Waals surface area contributed by atoms with E-state index in [1.165, 1.54) is 12.7 Å². The van der Waals surface area contributed by atoms with Crippen molar-refractivity contribution < 1.29 is 13.2 Å². The molecule has 0 unspecified atom stereocenters. The highest BCUT2D eigenvalue weighted by Crippen LogP contribution is 2.51. The minimum atomic E-state index is -3.77. The molecule has 0 fully saturated rings. The molecule has 1 heterocycles. The van der Waals surface area contributed by atoms with E-state index < -0.39 is 10.0 Å². The molecule has 7 heteroatoms. The van der Waals surface area contributed by atoms with Crippen molar-refractivity contribution >= 4 is 37.3 Å². The van der Waals surface area contributed by atoms with Gasteiger partial charge in [-0.15, -0.1) is 0 Å². The number of anilines is 2. The number of nitrogens with one attached hydrogen (secondary N) is 2. The Morgan fingerprint density at radius 2 is 1.81 bits per heavy atom. The van der Waals surface area contributed by atoms with E-state index in [-0.39, 0.29) is 16.9 Å². The molecular weight excluding hydrogens is 488 g/mol. The molecule has 0 bridgehead atoms. The van der Waals surface area contributed by atoms with Crippen LogP contribution in [0.15, 0.2) is 88.3 Å². The second kappa shape index (κ2) is 8.30. The first kappa shape index (κ1) is 21.1. The van der Waals surface area contributed by atoms with Crippen LogP contribution in [0.5, 0.6) is 5.75 Å². The van der Waals surface area contributed by atoms with Crippen molar-refractivity contribution in [3.8, 4) is 5.75 Å². The molecule has 164 valence electrons. The summed E-state index contributed by atoms with van der Waals surface area (Å²) in [6, 6.07) is 20.7. The van der Waals surface area contributed by atoms with Gasteiger partial charge in [0.1, 0.15) is 5.75 Å². The summed E-state index contributed by atoms with van der Waals surface area (Å²) in [6.45, 7) is 0. The van der Waals surface area contributed by atoms with Crippen molar-refractivity contribution in [2.45, 2.75) is 23.3 Å². The van der Waals surface area contributed by atoms with Gasteiger partial charge in [0.2, 0.25) is 0 Å². The normalized spacial score (nSPS) is 21.4. The predicted octanol–water partition coefficient (Wildman–Crippen LogP) is 6.09. The number of hydrogen-bond acceptors (Lipinski definition) is 4. The van der Waals surface area contributed by atoms with E-state index in [0.717, 1.165) is 22.1 Å². The minimum Gasteiger partial charge on any atom is -0.495 e. The van der Waals surface area contributed by atoms with Gasteiger partial charge in [0.15, 0.2) is 0 Å². The molecule has 3 aromatic rings. The number of rotatable bonds is 5. The Morgan fingerprint density at radius 1 is 1.03 bits per heavy atom. The number of fused-ring (bicyclic) bond motifs is 3. The average Bonchev–Trinajstić information content (AvgIpc) is 3.29. The highest BCUT2D eigenvalue weighted by molar-refractivity contribution is 9.10. The van der Waals surface area contributed by atoms with Crippen LogP contribution in [-0.2, 0) is 10.0 Å². The van der Waals surface area contributed by atoms with Crippen LogP contribution in [0.3, 0.4) is 0 Å². The molecule has 5 rings (SSSR count). The van der Waals surface area contributed by atoms with Gasteiger partial charge in [-0.05, 0) is 59.9 Å². The summed E-state index contributed by atoms with van der Waals surface area (Å²) in [5.41, 5.74) is 3.61. The summed E-state index contributed by atoms with van der Waals surface area (Å²) >= 11 is 3.69. The molecule has 1 aliphatic carbocycles. The lowest BCUT2D eigenvalue weighted by molar-refractivity contribution is 0.417. The largest absolute Gasteiger partial charge is 0.495 e. The van der Waals surface area contributed by atoms with Gasteiger partial charge < -0.3 is 10.1 Å². The molecule has 3 atom stereocenters. The first-order valence-electron chi connectivity index (χ1n) is 10.5. The standard InChI is InChI=1S/C25H23BrN2O3S/c1-31-24-12-5-4-11-23(24)28-32(29,30)16-13-14-22-20(15-16)17-8-6-9-18(17)25(27-22)19-7-2-3-10-21(19)26/h2-8,10-15,17-18,25,27-28H,9H2,1H3/t17-,18+,25-/m0/s1. The van der Waals surface area contributed by atoms with Gasteiger partial charge >= 0.3 is 0 Å². The first-order valence-corrected chi connectivity index (χ1v) is 12.7. The number of halogens is 1. The monoisotopic (exact) mass is 510 g/mol. The zero-order valence-electron chi connectivity index (χ0n) is 17.5. The maximum Gasteiger partial charge on any atom is 0.262 e. The Hall–Kier alpha value is -2.77. The molecule has 0 saturated carbocycles. The van der Waals surface area contributed by atoms with Crippen molar-refractivity contribution in [1.29, 1.82) is 0 Å². The van der Waals surface area contributed by atoms with Crippen LogP contribution in [0.2, 0.25) is 0 Å². The third-order valence-electron chi connectivity index (χ3n) is 6.24. The Morgan fingerprint density at radius 3 is 2.62 bits per heavy atom. The average molecular weight is 511 g/mol. The van der Waals surface area contributed by atoms with Crippen LogP contribution >= 0.6 is 15.9 Å². The lowest BCUT2D eigenvalue weighted by atomic mass is 9.77. The molecule has 0 radical (unpaired) electrons. The van der Waals surface area contributed by atoms with Crippen molar-refractivity contribution in [2.75, 3.05) is 17.1 Å². The molecule has 3 aromatic carbocycles. The van der Waals surface area contributed by atoms with Crippen LogP contribution in [0, 0.1) is 5.92 Å². The number of sulfonamides is 1. The number of methoxy groups -OCH3 is 1. The fraction of sp³-hybridized carbons (Fsp3) is 0.200. The zero-order valence-corrected chi connectivity index (χ0v) is 19.9. The lowest BCUT2D eigenvalue weighted by Gasteiger charge is -2.38. The lowest BCUT2D eigenvalue weighted by Crippen LogP contribution is -2.29. The smallest absolute Gasteiger partial charge is 0.262 e. The molecule has 5 nitrogen and oxygen atoms in total. The number of hydrogen-bond donors (Lipinski definition) is 2. The molecule has 2 N–H and O–H groups in total. The third-order valence-corrected chi connectivity index (χ3v) is 8.32. The van der Waals surface area contributed by atoms with Gasteiger partial charge in [-0.25, -0.2) is 8.42 Å². The molecule has 32 heavy (non-hydrogen) atoms. The highest BCUT2D eigenvalue weighted by atomic mass is 79.9. The quantitative estimate of drug-likeness (QED) is 0.407. The molecule has 1 aliphatic heterocycles. The Labute approximate surface area is 196 Å². The van der Waals surface area contributed by atoms with Crippen molar-refractivity contribution in [3.63, 3.8) is 0 Å². The van der Waals surface area contributed by atoms with Crippen molar-refractivity contribution in [2.24, 2.45) is 5.92 Å². The molecular formula is C25H23BrN2O3S. The third kappa shape index (κ3) is 3.69. The number of ether oxygens (including phenoxy) is 1. The van der Waals surface area contributed by atoms with Gasteiger partial charge in [-0.3, -0.25) is 4.72 Å². The fourth-order valence-electron chi connectivity index (χ4n) is 4.71. The maximum atomic E-state index is 13.2. The SMILES string of the molecule is COc1ccccc1NS(=O)(=O)c1ccc2c(c1)[C@H]1C=CC[C@H]1[C@@H](c1ccccc1Br)N2. The summed E-state index contributed by atoms with van der Waals surface area (Å²) < 4.78 is 35.4. The van der Waals surface area contributed by atoms with Crippen LogP contribution < -0.4 is 14.8 Å². The second-order valence-corrected chi connectivity index (χ2v) is 10.6. The van der Waals surface area contributed by atoms with Gasteiger partial charge in [0.05, 0.1) is 23.7 Å². The first-order chi connectivity index (χ1) is 15.5. The molecule has 0 spiro atoms. The molecule has 0 amide bonds. The summed E-state index contributed by atoms with van der Waals surface area (Å²) in [7, 11) is -2.25. The van der Waals surface area contributed by atoms with Crippen molar-refractivity contribution in [1.82, 2.24) is 0 Å². The Kier molecular flexibility index (Phi) is 5.47. The predicted molar refractivity (Wildman–Crippen MR) is 131 cm³/mol. The zero-order chi connectivity index (χ0) is 22.3. The summed E-state index contributed by atoms with van der Waals surface area (Å²) in [5, 5.41) is 3.67. The van der Waals surface area contributed by atoms with E-state index in [4.69, 9.17) is 4.74 Å². The summed E-state index contributed by atoms with van der Waals surface area (Å²) in [4.78, 5) is 0.238. The van der Waals surface area contributed by atoms with E-state index >= 15 is 0 Å². The van der Waals surface area contributed by atoms with Gasteiger partial charge in [0, 0.05) is 16.1 Å². The van der Waals surface area contributed by atoms with Crippen LogP contribution in [0.1, 0.15) is 29.5 Å². The number of para-hydroxylation sites is 2. The van der Waals surface area contributed by atoms with E-state index in [2.05, 4.69) is 50.3 Å². The highest BCUT2D eigenvalue weighted by Gasteiger charge is 2.39. The van der Waals surface area contributed by atoms with Crippen molar-refractivity contribution in [3.05, 3.63) is 94.5 Å². The van der Waals surface area contributed by atoms with Crippen LogP contribution in [0.4, 0.5) is 11.4 Å². The van der Waals surface area contributed by atoms with Gasteiger partial charge in [-0.1, -0.05) is 58.4 Å². The van der Waals surface area contributed by atoms with E-state index in [1.54, 1.807) is 36.4 Å². The maximum absolute atomic E-state index is 13.2. The van der Waals surface area contributed by atoms with E-state index in [9.17, 15) is 8.42 Å². The number of benzene rings is 3. The summed E-state index contributed by atoms with van der Waals surface area (Å²) in [5.74, 6) is 0.955. The van der Waals surface area contributed by atoms with Gasteiger partial charge in [0.25, 0.3) is 10.0 Å². The fourth-order valence-corrected chi connectivity index (χ4v) is 6.34. The van der Waals surface area contributed by atoms with Gasteiger partial charge in [-0.2, -0.15) is 0 Å². The second-order valence-electron chi connectivity index (χ2n) is 8.05. The Bertz CT molecular complexity index is 1310. The minimum absolute atomic E-state index is 0.146. The summed E-state index contributed by atoms with van der Waals surface area (Å²) in [6.07, 6.45) is 5.35. The molecule has 2 aliphatic rings. The number of allylic oxidation sites excluding steroid dienone is 2. The topological polar surface area (TPSA) is 67.4 Å². The van der Waals surface area contributed by atoms with E-state index in [0.29, 0.717) is 17.4 Å². The van der Waals surface area contributed by atoms with Crippen LogP contribution in [-0.4, -0.2) is 15.5 Å². The van der Waals surface area contributed by atoms with Crippen LogP contribution in [0.25, 0.3) is 0 Å². The van der Waals surface area contributed by atoms with E-state index in [1.807, 2.05) is 18.2 Å². The Balaban J connectivity index is 1.51. The molecule has 0 saturated heterocycles.